The van der Waals surface area contributed by atoms with E-state index in [0.29, 0.717) is 6.42 Å². The van der Waals surface area contributed by atoms with E-state index in [1.165, 1.54) is 51.4 Å². The van der Waals surface area contributed by atoms with Crippen LogP contribution in [0.3, 0.4) is 0 Å². The molecular weight excluding hydrogens is 484 g/mol. The molecule has 0 aliphatic rings. The molecule has 0 atom stereocenters. The van der Waals surface area contributed by atoms with E-state index in [0.717, 1.165) is 23.7 Å². The van der Waals surface area contributed by atoms with Crippen molar-refractivity contribution in [2.75, 3.05) is 0 Å². The molecule has 1 nitrogen and oxygen atoms in total. The van der Waals surface area contributed by atoms with Crippen molar-refractivity contribution in [2.45, 2.75) is 99.8 Å². The van der Waals surface area contributed by atoms with Gasteiger partial charge in [-0.3, -0.25) is 0 Å². The van der Waals surface area contributed by atoms with Gasteiger partial charge in [0.2, 0.25) is 0 Å². The maximum atomic E-state index is 13.7. The van der Waals surface area contributed by atoms with Gasteiger partial charge in [0, 0.05) is 0 Å². The van der Waals surface area contributed by atoms with Crippen LogP contribution >= 0.6 is 0 Å². The fraction of sp³-hybridized carbons (Fsp3) is 1.00. The van der Waals surface area contributed by atoms with Crippen molar-refractivity contribution >= 4 is 41.5 Å². The molecule has 126 valence electrons. The fourth-order valence-electron chi connectivity index (χ4n) is 2.30. The quantitative estimate of drug-likeness (QED) is 0.165. The summed E-state index contributed by atoms with van der Waals surface area (Å²) in [6.07, 6.45) is 13.9. The molecule has 0 spiro atoms. The van der Waals surface area contributed by atoms with Gasteiger partial charge in [-0.2, -0.15) is 0 Å². The van der Waals surface area contributed by atoms with Crippen molar-refractivity contribution in [3.8, 4) is 0 Å². The topological polar surface area (TPSA) is 9.23 Å². The van der Waals surface area contributed by atoms with Gasteiger partial charge in [-0.25, -0.2) is 0 Å². The SMILES string of the molecule is CCCCCCC[CH2][Sn][O][Sn]([F])([F])[CH2]CCCCCCC. The van der Waals surface area contributed by atoms with Crippen molar-refractivity contribution < 1.29 is 7.15 Å². The molecule has 0 N–H and O–H groups in total. The first kappa shape index (κ1) is 22.4. The monoisotopic (exact) mass is 520 g/mol. The summed E-state index contributed by atoms with van der Waals surface area (Å²) in [6, 6.07) is 0. The Morgan fingerprint density at radius 1 is 0.714 bits per heavy atom. The van der Waals surface area contributed by atoms with Gasteiger partial charge in [0.1, 0.15) is 0 Å². The van der Waals surface area contributed by atoms with Crippen LogP contribution in [-0.4, -0.2) is 41.5 Å². The Morgan fingerprint density at radius 3 is 1.76 bits per heavy atom. The zero-order valence-electron chi connectivity index (χ0n) is 14.1. The second-order valence-electron chi connectivity index (χ2n) is 5.92. The molecule has 0 amide bonds. The van der Waals surface area contributed by atoms with Crippen molar-refractivity contribution in [3.05, 3.63) is 0 Å². The Labute approximate surface area is 147 Å². The molecular formula is C16H34F2OSn2. The number of hydrogen-bond acceptors (Lipinski definition) is 1. The van der Waals surface area contributed by atoms with Crippen molar-refractivity contribution in [2.24, 2.45) is 0 Å². The summed E-state index contributed by atoms with van der Waals surface area (Å²) in [7, 11) is 0. The van der Waals surface area contributed by atoms with Crippen LogP contribution in [0, 0.1) is 0 Å². The summed E-state index contributed by atoms with van der Waals surface area (Å²) < 4.78 is 33.7. The molecule has 0 fully saturated rings. The van der Waals surface area contributed by atoms with Gasteiger partial charge in [0.05, 0.1) is 0 Å². The van der Waals surface area contributed by atoms with E-state index in [9.17, 15) is 5.73 Å². The Kier molecular flexibility index (Phi) is 17.4. The van der Waals surface area contributed by atoms with E-state index in [-0.39, 0.29) is 4.44 Å². The number of unbranched alkanes of at least 4 members (excludes halogenated alkanes) is 10. The first-order valence-corrected chi connectivity index (χ1v) is 17.4. The van der Waals surface area contributed by atoms with E-state index < -0.39 is 41.5 Å². The molecule has 0 saturated carbocycles. The summed E-state index contributed by atoms with van der Waals surface area (Å²) in [5.41, 5.74) is 0. The third-order valence-electron chi connectivity index (χ3n) is 3.68. The van der Waals surface area contributed by atoms with Crippen LogP contribution in [0.15, 0.2) is 0 Å². The molecule has 0 saturated heterocycles. The number of hydrogen-bond donors (Lipinski definition) is 0. The molecule has 0 bridgehead atoms. The molecule has 5 heteroatoms. The van der Waals surface area contributed by atoms with Crippen LogP contribution in [0.1, 0.15) is 90.9 Å². The molecule has 0 aliphatic heterocycles. The van der Waals surface area contributed by atoms with Gasteiger partial charge in [0.15, 0.2) is 0 Å². The Balaban J connectivity index is 3.34. The second kappa shape index (κ2) is 16.3. The predicted octanol–water partition coefficient (Wildman–Crippen LogP) is 6.64. The minimum absolute atomic E-state index is 0.137. The van der Waals surface area contributed by atoms with Gasteiger partial charge >= 0.3 is 148 Å². The normalized spacial score (nSPS) is 12.0. The average Bonchev–Trinajstić information content (AvgIpc) is 2.45. The summed E-state index contributed by atoms with van der Waals surface area (Å²) in [5.74, 6) is 0. The van der Waals surface area contributed by atoms with Crippen LogP contribution < -0.4 is 0 Å². The van der Waals surface area contributed by atoms with Crippen LogP contribution in [0.25, 0.3) is 0 Å². The Morgan fingerprint density at radius 2 is 1.19 bits per heavy atom. The van der Waals surface area contributed by atoms with E-state index >= 15 is 0 Å². The molecule has 0 aromatic carbocycles. The molecule has 0 aromatic heterocycles. The standard InChI is InChI=1S/2C8H17.2FH.O.2Sn/c2*1-3-5-7-8-6-4-2;;;;;/h2*1,3-8H2,2H3;2*1H;;;/q;;;;;;+2/p-2. The van der Waals surface area contributed by atoms with E-state index in [1.807, 2.05) is 0 Å². The van der Waals surface area contributed by atoms with Gasteiger partial charge in [-0.15, -0.1) is 0 Å². The maximum absolute atomic E-state index is 13.7. The van der Waals surface area contributed by atoms with Crippen LogP contribution in [0.2, 0.25) is 8.87 Å². The summed E-state index contributed by atoms with van der Waals surface area (Å²) >= 11 is -6.23. The molecule has 0 rings (SSSR count). The molecule has 2 radical (unpaired) electrons. The van der Waals surface area contributed by atoms with Gasteiger partial charge in [0.25, 0.3) is 0 Å². The van der Waals surface area contributed by atoms with E-state index in [2.05, 4.69) is 13.8 Å². The van der Waals surface area contributed by atoms with E-state index in [1.54, 1.807) is 0 Å². The Bertz CT molecular complexity index is 216. The molecule has 21 heavy (non-hydrogen) atoms. The van der Waals surface area contributed by atoms with Crippen LogP contribution in [-0.2, 0) is 1.41 Å². The molecule has 0 heterocycles. The molecule has 0 aromatic rings. The first-order chi connectivity index (χ1) is 10.1. The van der Waals surface area contributed by atoms with Gasteiger partial charge in [-0.1, -0.05) is 0 Å². The third kappa shape index (κ3) is 17.6. The summed E-state index contributed by atoms with van der Waals surface area (Å²) in [4.78, 5) is 0. The van der Waals surface area contributed by atoms with E-state index in [4.69, 9.17) is 1.41 Å². The van der Waals surface area contributed by atoms with Crippen molar-refractivity contribution in [3.63, 3.8) is 0 Å². The summed E-state index contributed by atoms with van der Waals surface area (Å²) in [5, 5.41) is 0. The van der Waals surface area contributed by atoms with Crippen LogP contribution in [0.4, 0.5) is 5.73 Å². The first-order valence-electron chi connectivity index (χ1n) is 8.91. The number of rotatable bonds is 16. The van der Waals surface area contributed by atoms with Gasteiger partial charge in [-0.05, 0) is 0 Å². The third-order valence-corrected chi connectivity index (χ3v) is 17.7. The van der Waals surface area contributed by atoms with Crippen molar-refractivity contribution in [1.82, 2.24) is 0 Å². The van der Waals surface area contributed by atoms with Crippen LogP contribution in [0.5, 0.6) is 0 Å². The predicted molar refractivity (Wildman–Crippen MR) is 91.2 cm³/mol. The fourth-order valence-corrected chi connectivity index (χ4v) is 14.4. The zero-order valence-corrected chi connectivity index (χ0v) is 19.8. The second-order valence-corrected chi connectivity index (χ2v) is 17.7. The Hall–Kier alpha value is 1.42. The number of halogens is 2. The summed E-state index contributed by atoms with van der Waals surface area (Å²) in [6.45, 7) is 4.38. The minimum atomic E-state index is -5.02. The molecule has 0 unspecified atom stereocenters. The van der Waals surface area contributed by atoms with Crippen molar-refractivity contribution in [1.29, 1.82) is 0 Å². The zero-order chi connectivity index (χ0) is 15.8. The van der Waals surface area contributed by atoms with Gasteiger partial charge < -0.3 is 0 Å². The average molecular weight is 518 g/mol. The molecule has 0 aliphatic carbocycles.